The molecular formula is C50H58Cl2N6O6S. The van der Waals surface area contributed by atoms with Crippen LogP contribution in [0.25, 0.3) is 16.6 Å². The molecule has 2 aliphatic carbocycles. The molecule has 4 aliphatic rings. The van der Waals surface area contributed by atoms with Gasteiger partial charge >= 0.3 is 0 Å². The average Bonchev–Trinajstić information content (AvgIpc) is 3.78. The number of nitrogens with zero attached hydrogens (tertiary/aromatic N) is 4. The Labute approximate surface area is 392 Å². The first-order valence-electron chi connectivity index (χ1n) is 22.9. The summed E-state index contributed by atoms with van der Waals surface area (Å²) in [6.07, 6.45) is 12.4. The summed E-state index contributed by atoms with van der Waals surface area (Å²) in [5.74, 6) is 0.993. The average molecular weight is 942 g/mol. The van der Waals surface area contributed by atoms with Gasteiger partial charge in [0.25, 0.3) is 15.9 Å². The van der Waals surface area contributed by atoms with Crippen molar-refractivity contribution in [2.24, 2.45) is 17.3 Å². The SMILES string of the molecule is CC1(C)C=C(c2ccc(Cl)cc2)C(CN2CCN(c3ccc(C(=O)NS(=O)(=O)c4ccc(OCC5CCC(N6CCOCC6)CC5)c(Cl)c4)c(Oc4cnc5[nH]ccc5c4)c3)CC2)CC1. The molecule has 0 spiro atoms. The van der Waals surface area contributed by atoms with Gasteiger partial charge in [0.05, 0.1) is 41.5 Å². The third-order valence-corrected chi connectivity index (χ3v) is 15.5. The molecule has 2 aromatic heterocycles. The lowest BCUT2D eigenvalue weighted by atomic mass is 9.72. The van der Waals surface area contributed by atoms with Gasteiger partial charge in [0.2, 0.25) is 0 Å². The molecule has 5 aromatic rings. The van der Waals surface area contributed by atoms with Gasteiger partial charge in [0.1, 0.15) is 22.9 Å². The van der Waals surface area contributed by atoms with Crippen LogP contribution in [0.4, 0.5) is 5.69 Å². The highest BCUT2D eigenvalue weighted by Gasteiger charge is 2.32. The second-order valence-electron chi connectivity index (χ2n) is 18.6. The maximum absolute atomic E-state index is 14.0. The zero-order valence-corrected chi connectivity index (χ0v) is 39.4. The number of fused-ring (bicyclic) bond motifs is 1. The summed E-state index contributed by atoms with van der Waals surface area (Å²) >= 11 is 12.9. The van der Waals surface area contributed by atoms with Gasteiger partial charge in [-0.3, -0.25) is 14.6 Å². The number of allylic oxidation sites excluding steroid dienone is 1. The number of anilines is 1. The fraction of sp³-hybridized carbons (Fsp3) is 0.440. The number of carbonyl (C=O) groups is 1. The van der Waals surface area contributed by atoms with E-state index in [-0.39, 0.29) is 26.6 Å². The molecule has 2 saturated heterocycles. The Morgan fingerprint density at radius 3 is 2.42 bits per heavy atom. The Hall–Kier alpha value is -4.63. The van der Waals surface area contributed by atoms with Gasteiger partial charge < -0.3 is 24.1 Å². The summed E-state index contributed by atoms with van der Waals surface area (Å²) in [5.41, 5.74) is 4.38. The number of hydrogen-bond donors (Lipinski definition) is 2. The van der Waals surface area contributed by atoms with Crippen LogP contribution in [-0.4, -0.2) is 106 Å². The zero-order chi connectivity index (χ0) is 45.1. The number of morpholine rings is 1. The lowest BCUT2D eigenvalue weighted by Gasteiger charge is -2.40. The van der Waals surface area contributed by atoms with Crippen molar-refractivity contribution in [2.45, 2.75) is 63.3 Å². The molecule has 4 heterocycles. The highest BCUT2D eigenvalue weighted by atomic mass is 35.5. The van der Waals surface area contributed by atoms with E-state index in [4.69, 9.17) is 37.4 Å². The molecule has 15 heteroatoms. The summed E-state index contributed by atoms with van der Waals surface area (Å²) in [6.45, 7) is 12.9. The van der Waals surface area contributed by atoms with Gasteiger partial charge in [-0.25, -0.2) is 18.1 Å². The Morgan fingerprint density at radius 1 is 0.892 bits per heavy atom. The number of nitrogens with one attached hydrogen (secondary N) is 2. The van der Waals surface area contributed by atoms with Crippen molar-refractivity contribution in [2.75, 3.05) is 70.5 Å². The van der Waals surface area contributed by atoms with Crippen molar-refractivity contribution in [1.29, 1.82) is 0 Å². The van der Waals surface area contributed by atoms with Crippen molar-refractivity contribution in [1.82, 2.24) is 24.5 Å². The number of piperazine rings is 1. The van der Waals surface area contributed by atoms with Crippen molar-refractivity contribution in [3.63, 3.8) is 0 Å². The number of H-pyrrole nitrogens is 1. The van der Waals surface area contributed by atoms with Crippen LogP contribution < -0.4 is 19.1 Å². The first-order valence-corrected chi connectivity index (χ1v) is 25.1. The van der Waals surface area contributed by atoms with E-state index in [1.807, 2.05) is 30.3 Å². The molecule has 0 bridgehead atoms. The second-order valence-corrected chi connectivity index (χ2v) is 21.2. The van der Waals surface area contributed by atoms with Gasteiger partial charge in [-0.2, -0.15) is 0 Å². The highest BCUT2D eigenvalue weighted by molar-refractivity contribution is 7.90. The van der Waals surface area contributed by atoms with Crippen LogP contribution in [0.15, 0.2) is 96.2 Å². The van der Waals surface area contributed by atoms with Gasteiger partial charge in [-0.1, -0.05) is 55.3 Å². The molecule has 1 saturated carbocycles. The lowest BCUT2D eigenvalue weighted by Crippen LogP contribution is -2.48. The lowest BCUT2D eigenvalue weighted by molar-refractivity contribution is 0.00304. The molecule has 2 aliphatic heterocycles. The fourth-order valence-electron chi connectivity index (χ4n) is 9.87. The second kappa shape index (κ2) is 19.7. The summed E-state index contributed by atoms with van der Waals surface area (Å²) in [7, 11) is -4.34. The summed E-state index contributed by atoms with van der Waals surface area (Å²) < 4.78 is 47.8. The third kappa shape index (κ3) is 11.0. The van der Waals surface area contributed by atoms with Crippen LogP contribution in [-0.2, 0) is 14.8 Å². The van der Waals surface area contributed by atoms with E-state index >= 15 is 0 Å². The number of pyridine rings is 1. The van der Waals surface area contributed by atoms with Crippen molar-refractivity contribution >= 4 is 61.4 Å². The van der Waals surface area contributed by atoms with E-state index in [0.29, 0.717) is 41.6 Å². The standard InChI is InChI=1S/C50H58Cl2N6O6S/c1-50(2)17-15-37(44(30-50)35-5-7-38(51)8-6-35)32-56-19-21-57(22-20-56)40-11-13-43(47(28-40)64-41-27-36-16-18-53-48(36)54-31-41)49(59)55-65(60,61)42-12-14-46(45(52)29-42)63-33-34-3-9-39(10-4-34)58-23-25-62-26-24-58/h5-8,11-14,16,18,27-31,34,37,39H,3-4,9-10,15,17,19-26,32-33H2,1-2H3,(H,53,54)(H,55,59). The minimum atomic E-state index is -4.34. The van der Waals surface area contributed by atoms with Crippen LogP contribution in [0.5, 0.6) is 17.2 Å². The highest BCUT2D eigenvalue weighted by Crippen LogP contribution is 2.42. The van der Waals surface area contributed by atoms with Crippen LogP contribution >= 0.6 is 23.2 Å². The number of aromatic nitrogens is 2. The van der Waals surface area contributed by atoms with E-state index in [2.05, 4.69) is 61.4 Å². The topological polar surface area (TPSA) is 129 Å². The van der Waals surface area contributed by atoms with Gasteiger partial charge in [-0.15, -0.1) is 0 Å². The molecule has 1 atom stereocenters. The van der Waals surface area contributed by atoms with E-state index in [0.717, 1.165) is 114 Å². The van der Waals surface area contributed by atoms with Crippen LogP contribution in [0.3, 0.4) is 0 Å². The minimum Gasteiger partial charge on any atom is -0.492 e. The first kappa shape index (κ1) is 45.5. The maximum Gasteiger partial charge on any atom is 0.268 e. The van der Waals surface area contributed by atoms with Gasteiger partial charge in [0.15, 0.2) is 0 Å². The summed E-state index contributed by atoms with van der Waals surface area (Å²) in [4.78, 5) is 28.7. The monoisotopic (exact) mass is 940 g/mol. The molecule has 344 valence electrons. The zero-order valence-electron chi connectivity index (χ0n) is 37.1. The summed E-state index contributed by atoms with van der Waals surface area (Å²) in [6, 6.07) is 22.1. The summed E-state index contributed by atoms with van der Waals surface area (Å²) in [5, 5.41) is 1.73. The Morgan fingerprint density at radius 2 is 1.66 bits per heavy atom. The Bertz CT molecular complexity index is 2620. The van der Waals surface area contributed by atoms with Gasteiger partial charge in [-0.05, 0) is 122 Å². The molecule has 1 unspecified atom stereocenters. The Balaban J connectivity index is 0.862. The first-order chi connectivity index (χ1) is 31.4. The number of benzene rings is 3. The fourth-order valence-corrected chi connectivity index (χ4v) is 11.3. The predicted octanol–water partition coefficient (Wildman–Crippen LogP) is 9.69. The Kier molecular flexibility index (Phi) is 13.8. The number of amides is 1. The number of halogens is 2. The number of hydrogen-bond acceptors (Lipinski definition) is 10. The van der Waals surface area contributed by atoms with Crippen LogP contribution in [0, 0.1) is 17.3 Å². The van der Waals surface area contributed by atoms with E-state index < -0.39 is 15.9 Å². The molecule has 3 fully saturated rings. The third-order valence-electron chi connectivity index (χ3n) is 13.6. The maximum atomic E-state index is 14.0. The number of ether oxygens (including phenoxy) is 3. The minimum absolute atomic E-state index is 0.0567. The molecule has 1 amide bonds. The molecule has 65 heavy (non-hydrogen) atoms. The molecule has 3 aromatic carbocycles. The van der Waals surface area contributed by atoms with Crippen molar-refractivity contribution in [3.8, 4) is 17.2 Å². The number of rotatable bonds is 13. The molecule has 0 radical (unpaired) electrons. The molecule has 12 nitrogen and oxygen atoms in total. The van der Waals surface area contributed by atoms with E-state index in [1.165, 1.54) is 23.3 Å². The van der Waals surface area contributed by atoms with Crippen LogP contribution in [0.2, 0.25) is 10.0 Å². The smallest absolute Gasteiger partial charge is 0.268 e. The normalized spacial score (nSPS) is 22.1. The van der Waals surface area contributed by atoms with E-state index in [1.54, 1.807) is 30.6 Å². The largest absolute Gasteiger partial charge is 0.492 e. The number of carbonyl (C=O) groups excluding carboxylic acids is 1. The number of sulfonamides is 1. The quantitative estimate of drug-likeness (QED) is 0.118. The van der Waals surface area contributed by atoms with Crippen molar-refractivity contribution in [3.05, 3.63) is 112 Å². The molecular weight excluding hydrogens is 884 g/mol. The molecule has 9 rings (SSSR count). The number of aromatic amines is 1. The predicted molar refractivity (Wildman–Crippen MR) is 257 cm³/mol. The van der Waals surface area contributed by atoms with Crippen LogP contribution in [0.1, 0.15) is 68.3 Å². The molecule has 2 N–H and O–H groups in total. The van der Waals surface area contributed by atoms with Crippen molar-refractivity contribution < 1.29 is 27.4 Å². The van der Waals surface area contributed by atoms with Gasteiger partial charge in [0, 0.05) is 80.2 Å². The van der Waals surface area contributed by atoms with E-state index in [9.17, 15) is 13.2 Å².